The lowest BCUT2D eigenvalue weighted by atomic mass is 9.91. The molecule has 3 rings (SSSR count). The van der Waals surface area contributed by atoms with E-state index < -0.39 is 0 Å². The molecule has 0 saturated carbocycles. The Balaban J connectivity index is 1.69. The monoisotopic (exact) mass is 312 g/mol. The zero-order valence-corrected chi connectivity index (χ0v) is 13.7. The normalized spacial score (nSPS) is 22.4. The highest BCUT2D eigenvalue weighted by Crippen LogP contribution is 2.41. The van der Waals surface area contributed by atoms with E-state index in [-0.39, 0.29) is 23.7 Å². The molecule has 1 atom stereocenters. The minimum Gasteiger partial charge on any atom is -0.486 e. The molecule has 114 valence electrons. The highest BCUT2D eigenvalue weighted by atomic mass is 32.2. The van der Waals surface area contributed by atoms with Gasteiger partial charge in [0.1, 0.15) is 12.4 Å². The van der Waals surface area contributed by atoms with Crippen LogP contribution >= 0.6 is 11.8 Å². The molecule has 0 bridgehead atoms. The highest BCUT2D eigenvalue weighted by Gasteiger charge is 2.31. The van der Waals surface area contributed by atoms with Crippen LogP contribution < -0.4 is 4.74 Å². The fourth-order valence-corrected chi connectivity index (χ4v) is 3.80. The van der Waals surface area contributed by atoms with Crippen LogP contribution in [-0.2, 0) is 4.79 Å². The predicted molar refractivity (Wildman–Crippen MR) is 92.0 cm³/mol. The summed E-state index contributed by atoms with van der Waals surface area (Å²) in [7, 11) is 0. The quantitative estimate of drug-likeness (QED) is 0.824. The summed E-state index contributed by atoms with van der Waals surface area (Å²) in [6.07, 6.45) is 8.66. The number of rotatable bonds is 4. The fraction of sp³-hybridized carbons (Fsp3) is 0.316. The van der Waals surface area contributed by atoms with E-state index in [4.69, 9.17) is 4.74 Å². The summed E-state index contributed by atoms with van der Waals surface area (Å²) < 4.78 is 5.61. The number of Topliss-reactive ketones (excluding diaryl/α,β-unsaturated/α-hetero) is 1. The van der Waals surface area contributed by atoms with E-state index in [0.29, 0.717) is 0 Å². The molecule has 0 N–H and O–H groups in total. The molecule has 1 aliphatic heterocycles. The van der Waals surface area contributed by atoms with Gasteiger partial charge in [0, 0.05) is 16.1 Å². The van der Waals surface area contributed by atoms with E-state index in [1.807, 2.05) is 30.3 Å². The van der Waals surface area contributed by atoms with Gasteiger partial charge in [-0.15, -0.1) is 11.8 Å². The largest absolute Gasteiger partial charge is 0.486 e. The van der Waals surface area contributed by atoms with E-state index in [1.165, 1.54) is 4.91 Å². The maximum atomic E-state index is 12.5. The third-order valence-electron chi connectivity index (χ3n) is 3.94. The first-order valence-electron chi connectivity index (χ1n) is 7.51. The number of thioether (sulfide) groups is 1. The molecule has 1 aromatic carbocycles. The molecule has 2 nitrogen and oxygen atoms in total. The smallest absolute Gasteiger partial charge is 0.178 e. The summed E-state index contributed by atoms with van der Waals surface area (Å²) in [4.78, 5) is 13.7. The maximum absolute atomic E-state index is 12.5. The number of allylic oxidation sites excluding steroid dienone is 5. The van der Waals surface area contributed by atoms with E-state index >= 15 is 0 Å². The lowest BCUT2D eigenvalue weighted by Gasteiger charge is -2.14. The number of benzene rings is 1. The molecule has 0 amide bonds. The summed E-state index contributed by atoms with van der Waals surface area (Å²) >= 11 is 1.76. The molecule has 0 spiro atoms. The van der Waals surface area contributed by atoms with E-state index in [0.717, 1.165) is 17.1 Å². The molecular formula is C19H20O2S. The van der Waals surface area contributed by atoms with Crippen LogP contribution in [-0.4, -0.2) is 18.1 Å². The number of carbonyl (C=O) groups is 1. The van der Waals surface area contributed by atoms with Gasteiger partial charge in [-0.05, 0) is 17.7 Å². The number of ketones is 1. The van der Waals surface area contributed by atoms with Crippen molar-refractivity contribution in [2.24, 2.45) is 11.3 Å². The van der Waals surface area contributed by atoms with Crippen molar-refractivity contribution in [3.05, 3.63) is 65.1 Å². The number of para-hydroxylation sites is 1. The van der Waals surface area contributed by atoms with Gasteiger partial charge in [-0.1, -0.05) is 56.4 Å². The van der Waals surface area contributed by atoms with Crippen LogP contribution in [0.15, 0.2) is 65.1 Å². The SMILES string of the molecule is CC1(C)C=CC2=C(C=C1)C(C(=O)COc1ccccc1)CS2. The Morgan fingerprint density at radius 1 is 1.23 bits per heavy atom. The van der Waals surface area contributed by atoms with Crippen molar-refractivity contribution in [1.29, 1.82) is 0 Å². The van der Waals surface area contributed by atoms with E-state index in [1.54, 1.807) is 11.8 Å². The first-order chi connectivity index (χ1) is 10.6. The van der Waals surface area contributed by atoms with Gasteiger partial charge in [0.15, 0.2) is 5.78 Å². The Morgan fingerprint density at radius 3 is 2.73 bits per heavy atom. The minimum atomic E-state index is -0.0569. The van der Waals surface area contributed by atoms with E-state index in [2.05, 4.69) is 38.2 Å². The minimum absolute atomic E-state index is 0.0407. The first-order valence-corrected chi connectivity index (χ1v) is 8.50. The molecule has 0 fully saturated rings. The Hall–Kier alpha value is -1.74. The number of hydrogen-bond donors (Lipinski definition) is 0. The van der Waals surface area contributed by atoms with Crippen LogP contribution in [0.25, 0.3) is 0 Å². The Kier molecular flexibility index (Phi) is 4.25. The number of hydrogen-bond acceptors (Lipinski definition) is 3. The van der Waals surface area contributed by atoms with Gasteiger partial charge < -0.3 is 4.74 Å². The first kappa shape index (κ1) is 15.2. The van der Waals surface area contributed by atoms with Gasteiger partial charge in [0.2, 0.25) is 0 Å². The molecule has 1 aromatic rings. The molecular weight excluding hydrogens is 292 g/mol. The van der Waals surface area contributed by atoms with Crippen molar-refractivity contribution in [2.75, 3.05) is 12.4 Å². The predicted octanol–water partition coefficient (Wildman–Crippen LogP) is 4.40. The van der Waals surface area contributed by atoms with Crippen molar-refractivity contribution >= 4 is 17.5 Å². The van der Waals surface area contributed by atoms with Crippen LogP contribution in [0.5, 0.6) is 5.75 Å². The van der Waals surface area contributed by atoms with Crippen molar-refractivity contribution in [2.45, 2.75) is 13.8 Å². The van der Waals surface area contributed by atoms with Crippen molar-refractivity contribution in [3.8, 4) is 5.75 Å². The van der Waals surface area contributed by atoms with Crippen molar-refractivity contribution < 1.29 is 9.53 Å². The molecule has 0 radical (unpaired) electrons. The topological polar surface area (TPSA) is 26.3 Å². The number of carbonyl (C=O) groups excluding carboxylic acids is 1. The summed E-state index contributed by atoms with van der Waals surface area (Å²) in [6.45, 7) is 4.47. The van der Waals surface area contributed by atoms with Crippen LogP contribution in [0.3, 0.4) is 0 Å². The van der Waals surface area contributed by atoms with Crippen LogP contribution in [0.4, 0.5) is 0 Å². The second-order valence-corrected chi connectivity index (χ2v) is 7.30. The Labute approximate surface area is 135 Å². The van der Waals surface area contributed by atoms with Crippen molar-refractivity contribution in [3.63, 3.8) is 0 Å². The van der Waals surface area contributed by atoms with Crippen LogP contribution in [0, 0.1) is 11.3 Å². The second-order valence-electron chi connectivity index (χ2n) is 6.24. The zero-order valence-electron chi connectivity index (χ0n) is 12.9. The van der Waals surface area contributed by atoms with E-state index in [9.17, 15) is 4.79 Å². The number of ether oxygens (including phenoxy) is 1. The fourth-order valence-electron chi connectivity index (χ4n) is 2.55. The summed E-state index contributed by atoms with van der Waals surface area (Å²) in [6, 6.07) is 9.50. The third kappa shape index (κ3) is 3.36. The van der Waals surface area contributed by atoms with Gasteiger partial charge in [0.05, 0.1) is 5.92 Å². The average molecular weight is 312 g/mol. The summed E-state index contributed by atoms with van der Waals surface area (Å²) in [5.41, 5.74) is 1.19. The van der Waals surface area contributed by atoms with Crippen LogP contribution in [0.2, 0.25) is 0 Å². The molecule has 2 aliphatic rings. The molecule has 3 heteroatoms. The second kappa shape index (κ2) is 6.17. The lowest BCUT2D eigenvalue weighted by molar-refractivity contribution is -0.123. The van der Waals surface area contributed by atoms with Gasteiger partial charge >= 0.3 is 0 Å². The molecule has 0 aromatic heterocycles. The zero-order chi connectivity index (χ0) is 15.6. The lowest BCUT2D eigenvalue weighted by Crippen LogP contribution is -2.23. The molecule has 1 unspecified atom stereocenters. The molecule has 0 saturated heterocycles. The highest BCUT2D eigenvalue weighted by molar-refractivity contribution is 8.03. The average Bonchev–Trinajstić information content (AvgIpc) is 2.86. The van der Waals surface area contributed by atoms with Gasteiger partial charge in [-0.3, -0.25) is 4.79 Å². The molecule has 22 heavy (non-hydrogen) atoms. The summed E-state index contributed by atoms with van der Waals surface area (Å²) in [5.74, 6) is 1.65. The Bertz CT molecular complexity index is 653. The summed E-state index contributed by atoms with van der Waals surface area (Å²) in [5, 5.41) is 0. The Morgan fingerprint density at radius 2 is 1.95 bits per heavy atom. The maximum Gasteiger partial charge on any atom is 0.178 e. The van der Waals surface area contributed by atoms with Gasteiger partial charge in [-0.25, -0.2) is 0 Å². The molecule has 1 heterocycles. The molecule has 1 aliphatic carbocycles. The standard InChI is InChI=1S/C19H20O2S/c1-19(2)10-8-15-16(13-22-18(15)9-11-19)17(20)12-21-14-6-4-3-5-7-14/h3-11,16H,12-13H2,1-2H3. The van der Waals surface area contributed by atoms with Gasteiger partial charge in [0.25, 0.3) is 0 Å². The third-order valence-corrected chi connectivity index (χ3v) is 5.12. The van der Waals surface area contributed by atoms with Gasteiger partial charge in [-0.2, -0.15) is 0 Å². The van der Waals surface area contributed by atoms with Crippen LogP contribution in [0.1, 0.15) is 13.8 Å². The van der Waals surface area contributed by atoms with Crippen molar-refractivity contribution in [1.82, 2.24) is 0 Å².